The van der Waals surface area contributed by atoms with E-state index < -0.39 is 0 Å². The lowest BCUT2D eigenvalue weighted by Gasteiger charge is -2.16. The van der Waals surface area contributed by atoms with Crippen LogP contribution >= 0.6 is 0 Å². The normalized spacial score (nSPS) is 12.6. The molecule has 1 aromatic heterocycles. The summed E-state index contributed by atoms with van der Waals surface area (Å²) >= 11 is 0. The number of benzene rings is 1. The third-order valence-corrected chi connectivity index (χ3v) is 3.17. The van der Waals surface area contributed by atoms with Crippen molar-refractivity contribution in [3.63, 3.8) is 0 Å². The molecule has 0 spiro atoms. The Balaban J connectivity index is 2.30. The zero-order valence-electron chi connectivity index (χ0n) is 10.7. The van der Waals surface area contributed by atoms with Crippen LogP contribution in [0.3, 0.4) is 0 Å². The summed E-state index contributed by atoms with van der Waals surface area (Å²) < 4.78 is 0. The highest BCUT2D eigenvalue weighted by Gasteiger charge is 2.12. The van der Waals surface area contributed by atoms with Gasteiger partial charge in [0.2, 0.25) is 0 Å². The van der Waals surface area contributed by atoms with E-state index in [9.17, 15) is 0 Å². The second-order valence-electron chi connectivity index (χ2n) is 4.46. The number of fused-ring (bicyclic) bond motifs is 1. The molecule has 0 saturated carbocycles. The number of rotatable bonds is 5. The van der Waals surface area contributed by atoms with E-state index in [-0.39, 0.29) is 6.04 Å². The van der Waals surface area contributed by atoms with E-state index >= 15 is 0 Å². The molecule has 0 amide bonds. The minimum Gasteiger partial charge on any atom is -0.271 e. The van der Waals surface area contributed by atoms with Gasteiger partial charge in [-0.2, -0.15) is 0 Å². The first-order valence-corrected chi connectivity index (χ1v) is 6.23. The maximum atomic E-state index is 5.62. The van der Waals surface area contributed by atoms with Crippen molar-refractivity contribution in [2.24, 2.45) is 5.84 Å². The van der Waals surface area contributed by atoms with E-state index in [0.717, 1.165) is 29.4 Å². The molecule has 0 radical (unpaired) electrons. The van der Waals surface area contributed by atoms with Crippen molar-refractivity contribution < 1.29 is 0 Å². The molecule has 0 fully saturated rings. The van der Waals surface area contributed by atoms with Gasteiger partial charge < -0.3 is 0 Å². The van der Waals surface area contributed by atoms with Crippen molar-refractivity contribution in [3.05, 3.63) is 54.2 Å². The second kappa shape index (κ2) is 5.76. The van der Waals surface area contributed by atoms with Crippen LogP contribution in [0.2, 0.25) is 0 Å². The molecule has 3 N–H and O–H groups in total. The van der Waals surface area contributed by atoms with Crippen LogP contribution in [0.1, 0.15) is 31.5 Å². The minimum atomic E-state index is 0.0297. The Hall–Kier alpha value is -1.71. The topological polar surface area (TPSA) is 50.9 Å². The second-order valence-corrected chi connectivity index (χ2v) is 4.46. The molecule has 0 saturated heterocycles. The van der Waals surface area contributed by atoms with Crippen molar-refractivity contribution in [2.75, 3.05) is 0 Å². The van der Waals surface area contributed by atoms with Crippen LogP contribution in [-0.2, 0) is 0 Å². The van der Waals surface area contributed by atoms with Crippen LogP contribution < -0.4 is 11.3 Å². The molecule has 0 aliphatic rings. The first-order chi connectivity index (χ1) is 8.74. The van der Waals surface area contributed by atoms with Gasteiger partial charge in [0.25, 0.3) is 0 Å². The van der Waals surface area contributed by atoms with E-state index in [1.165, 1.54) is 5.57 Å². The standard InChI is InChI=1S/C15H19N3/c1-3-11(2)10-15(18-16)14-9-8-12-6-4-5-7-13(12)17-14/h4-9,15,18H,2-3,10,16H2,1H3. The molecule has 94 valence electrons. The fourth-order valence-corrected chi connectivity index (χ4v) is 1.96. The Morgan fingerprint density at radius 3 is 2.83 bits per heavy atom. The molecule has 0 aliphatic carbocycles. The maximum Gasteiger partial charge on any atom is 0.0706 e. The summed E-state index contributed by atoms with van der Waals surface area (Å²) in [5.41, 5.74) is 5.96. The molecule has 3 heteroatoms. The van der Waals surface area contributed by atoms with Crippen molar-refractivity contribution in [1.29, 1.82) is 0 Å². The number of pyridine rings is 1. The zero-order valence-corrected chi connectivity index (χ0v) is 10.7. The lowest BCUT2D eigenvalue weighted by Crippen LogP contribution is -2.29. The van der Waals surface area contributed by atoms with Crippen molar-refractivity contribution in [2.45, 2.75) is 25.8 Å². The number of hydrazine groups is 1. The number of para-hydroxylation sites is 1. The molecule has 1 unspecified atom stereocenters. The van der Waals surface area contributed by atoms with Gasteiger partial charge in [-0.15, -0.1) is 0 Å². The molecule has 18 heavy (non-hydrogen) atoms. The summed E-state index contributed by atoms with van der Waals surface area (Å²) in [6.07, 6.45) is 1.78. The van der Waals surface area contributed by atoms with Gasteiger partial charge in [-0.3, -0.25) is 16.3 Å². The van der Waals surface area contributed by atoms with Gasteiger partial charge >= 0.3 is 0 Å². The Kier molecular flexibility index (Phi) is 4.07. The molecule has 1 heterocycles. The van der Waals surface area contributed by atoms with E-state index in [1.807, 2.05) is 24.3 Å². The van der Waals surface area contributed by atoms with E-state index in [4.69, 9.17) is 5.84 Å². The molecule has 0 bridgehead atoms. The number of nitrogens with two attached hydrogens (primary N) is 1. The molecule has 1 atom stereocenters. The Bertz CT molecular complexity index is 548. The highest BCUT2D eigenvalue weighted by molar-refractivity contribution is 5.78. The number of hydrogen-bond acceptors (Lipinski definition) is 3. The quantitative estimate of drug-likeness (QED) is 0.480. The Morgan fingerprint density at radius 1 is 1.33 bits per heavy atom. The van der Waals surface area contributed by atoms with Crippen LogP contribution in [-0.4, -0.2) is 4.98 Å². The van der Waals surface area contributed by atoms with Crippen molar-refractivity contribution >= 4 is 10.9 Å². The molecule has 2 rings (SSSR count). The average Bonchev–Trinajstić information content (AvgIpc) is 2.44. The van der Waals surface area contributed by atoms with Crippen LogP contribution in [0.4, 0.5) is 0 Å². The first-order valence-electron chi connectivity index (χ1n) is 6.23. The number of hydrogen-bond donors (Lipinski definition) is 2. The molecule has 2 aromatic rings. The summed E-state index contributed by atoms with van der Waals surface area (Å²) in [6, 6.07) is 12.2. The minimum absolute atomic E-state index is 0.0297. The predicted octanol–water partition coefficient (Wildman–Crippen LogP) is 3.10. The van der Waals surface area contributed by atoms with Crippen molar-refractivity contribution in [1.82, 2.24) is 10.4 Å². The molecule has 1 aromatic carbocycles. The Morgan fingerprint density at radius 2 is 2.11 bits per heavy atom. The van der Waals surface area contributed by atoms with Gasteiger partial charge in [0.15, 0.2) is 0 Å². The summed E-state index contributed by atoms with van der Waals surface area (Å²) in [7, 11) is 0. The summed E-state index contributed by atoms with van der Waals surface area (Å²) in [6.45, 7) is 6.13. The molecule has 0 aliphatic heterocycles. The molecular weight excluding hydrogens is 222 g/mol. The van der Waals surface area contributed by atoms with E-state index in [2.05, 4.69) is 36.0 Å². The van der Waals surface area contributed by atoms with Crippen molar-refractivity contribution in [3.8, 4) is 0 Å². The smallest absolute Gasteiger partial charge is 0.0706 e. The predicted molar refractivity (Wildman–Crippen MR) is 75.9 cm³/mol. The number of nitrogens with one attached hydrogen (secondary N) is 1. The highest BCUT2D eigenvalue weighted by Crippen LogP contribution is 2.22. The SMILES string of the molecule is C=C(CC)CC(NN)c1ccc2ccccc2n1. The summed E-state index contributed by atoms with van der Waals surface area (Å²) in [4.78, 5) is 4.65. The third kappa shape index (κ3) is 2.75. The average molecular weight is 241 g/mol. The third-order valence-electron chi connectivity index (χ3n) is 3.17. The monoisotopic (exact) mass is 241 g/mol. The van der Waals surface area contributed by atoms with E-state index in [0.29, 0.717) is 0 Å². The van der Waals surface area contributed by atoms with Gasteiger partial charge in [0, 0.05) is 5.39 Å². The summed E-state index contributed by atoms with van der Waals surface area (Å²) in [5.74, 6) is 5.62. The molecule has 3 nitrogen and oxygen atoms in total. The first kappa shape index (κ1) is 12.7. The van der Waals surface area contributed by atoms with Crippen LogP contribution in [0.15, 0.2) is 48.6 Å². The molecular formula is C15H19N3. The van der Waals surface area contributed by atoms with Crippen LogP contribution in [0.25, 0.3) is 10.9 Å². The van der Waals surface area contributed by atoms with E-state index in [1.54, 1.807) is 0 Å². The maximum absolute atomic E-state index is 5.62. The zero-order chi connectivity index (χ0) is 13.0. The van der Waals surface area contributed by atoms with Gasteiger partial charge in [-0.05, 0) is 25.0 Å². The van der Waals surface area contributed by atoms with Crippen LogP contribution in [0.5, 0.6) is 0 Å². The number of nitrogens with zero attached hydrogens (tertiary/aromatic N) is 1. The largest absolute Gasteiger partial charge is 0.271 e. The van der Waals surface area contributed by atoms with Gasteiger partial charge in [0.1, 0.15) is 0 Å². The van der Waals surface area contributed by atoms with Gasteiger partial charge in [0.05, 0.1) is 17.3 Å². The fraction of sp³-hybridized carbons (Fsp3) is 0.267. The fourth-order valence-electron chi connectivity index (χ4n) is 1.96. The summed E-state index contributed by atoms with van der Waals surface area (Å²) in [5, 5.41) is 1.14. The number of aromatic nitrogens is 1. The van der Waals surface area contributed by atoms with Gasteiger partial charge in [-0.25, -0.2) is 0 Å². The van der Waals surface area contributed by atoms with Crippen LogP contribution in [0, 0.1) is 0 Å². The van der Waals surface area contributed by atoms with Gasteiger partial charge in [-0.1, -0.05) is 43.3 Å². The highest BCUT2D eigenvalue weighted by atomic mass is 15.2. The lowest BCUT2D eigenvalue weighted by molar-refractivity contribution is 0.533. The Labute approximate surface area is 108 Å². The lowest BCUT2D eigenvalue weighted by atomic mass is 10.0.